The number of sulfone groups is 1. The van der Waals surface area contributed by atoms with Crippen molar-refractivity contribution in [1.29, 1.82) is 0 Å². The van der Waals surface area contributed by atoms with Crippen molar-refractivity contribution in [1.82, 2.24) is 10.4 Å². The van der Waals surface area contributed by atoms with Gasteiger partial charge in [0.15, 0.2) is 9.84 Å². The van der Waals surface area contributed by atoms with Gasteiger partial charge in [0.1, 0.15) is 0 Å². The van der Waals surface area contributed by atoms with Crippen LogP contribution in [0.25, 0.3) is 0 Å². The van der Waals surface area contributed by atoms with Crippen molar-refractivity contribution in [2.75, 3.05) is 19.3 Å². The monoisotopic (exact) mass is 302 g/mol. The SMILES string of the molecule is CS(=O)(=O)c1cccc(Cl)c1CNN1CCCCC1. The minimum absolute atomic E-state index is 0.310. The van der Waals surface area contributed by atoms with Crippen LogP contribution in [0, 0.1) is 0 Å². The fraction of sp³-hybridized carbons (Fsp3) is 0.538. The second-order valence-electron chi connectivity index (χ2n) is 4.87. The molecule has 1 heterocycles. The number of hydrogen-bond donors (Lipinski definition) is 1. The summed E-state index contributed by atoms with van der Waals surface area (Å²) in [5.41, 5.74) is 3.93. The first-order chi connectivity index (χ1) is 8.98. The quantitative estimate of drug-likeness (QED) is 0.926. The largest absolute Gasteiger partial charge is 0.251 e. The normalized spacial score (nSPS) is 17.6. The van der Waals surface area contributed by atoms with Gasteiger partial charge in [-0.05, 0) is 25.0 Å². The molecular formula is C13H19ClN2O2S. The number of hydrogen-bond acceptors (Lipinski definition) is 4. The number of halogens is 1. The molecule has 6 heteroatoms. The van der Waals surface area contributed by atoms with Gasteiger partial charge in [0.05, 0.1) is 4.90 Å². The molecule has 1 aliphatic heterocycles. The number of nitrogens with zero attached hydrogens (tertiary/aromatic N) is 1. The van der Waals surface area contributed by atoms with E-state index in [1.807, 2.05) is 0 Å². The molecule has 1 aromatic rings. The lowest BCUT2D eigenvalue weighted by Gasteiger charge is -2.27. The molecule has 19 heavy (non-hydrogen) atoms. The maximum absolute atomic E-state index is 11.8. The molecule has 1 N–H and O–H groups in total. The zero-order valence-electron chi connectivity index (χ0n) is 11.0. The van der Waals surface area contributed by atoms with E-state index in [1.54, 1.807) is 18.2 Å². The fourth-order valence-electron chi connectivity index (χ4n) is 2.30. The van der Waals surface area contributed by atoms with Gasteiger partial charge in [-0.15, -0.1) is 0 Å². The highest BCUT2D eigenvalue weighted by Gasteiger charge is 2.17. The molecule has 106 valence electrons. The van der Waals surface area contributed by atoms with E-state index >= 15 is 0 Å². The summed E-state index contributed by atoms with van der Waals surface area (Å²) in [7, 11) is -3.25. The van der Waals surface area contributed by atoms with Crippen molar-refractivity contribution in [2.45, 2.75) is 30.7 Å². The van der Waals surface area contributed by atoms with E-state index < -0.39 is 9.84 Å². The smallest absolute Gasteiger partial charge is 0.175 e. The van der Waals surface area contributed by atoms with Gasteiger partial charge in [-0.25, -0.2) is 13.4 Å². The minimum Gasteiger partial charge on any atom is -0.251 e. The molecular weight excluding hydrogens is 284 g/mol. The molecule has 0 amide bonds. The van der Waals surface area contributed by atoms with Crippen LogP contribution < -0.4 is 5.43 Å². The molecule has 1 aromatic carbocycles. The summed E-state index contributed by atoms with van der Waals surface area (Å²) in [4.78, 5) is 0.310. The standard InChI is InChI=1S/C13H19ClN2O2S/c1-19(17,18)13-7-5-6-12(14)11(13)10-15-16-8-3-2-4-9-16/h5-7,15H,2-4,8-10H2,1H3. The number of hydrazine groups is 1. The average molecular weight is 303 g/mol. The Labute approximate surface area is 119 Å². The van der Waals surface area contributed by atoms with Crippen molar-refractivity contribution in [3.8, 4) is 0 Å². The number of piperidine rings is 1. The van der Waals surface area contributed by atoms with Crippen LogP contribution in [0.1, 0.15) is 24.8 Å². The van der Waals surface area contributed by atoms with E-state index in [2.05, 4.69) is 10.4 Å². The molecule has 1 aliphatic rings. The first-order valence-electron chi connectivity index (χ1n) is 6.44. The Hall–Kier alpha value is -0.620. The van der Waals surface area contributed by atoms with Gasteiger partial charge in [-0.3, -0.25) is 5.43 Å². The highest BCUT2D eigenvalue weighted by molar-refractivity contribution is 7.90. The van der Waals surface area contributed by atoms with E-state index in [4.69, 9.17) is 11.6 Å². The highest BCUT2D eigenvalue weighted by atomic mass is 35.5. The topological polar surface area (TPSA) is 49.4 Å². The minimum atomic E-state index is -3.25. The molecule has 0 atom stereocenters. The van der Waals surface area contributed by atoms with Crippen molar-refractivity contribution in [2.24, 2.45) is 0 Å². The number of nitrogens with one attached hydrogen (secondary N) is 1. The average Bonchev–Trinajstić information content (AvgIpc) is 2.37. The van der Waals surface area contributed by atoms with E-state index in [0.29, 0.717) is 22.0 Å². The van der Waals surface area contributed by atoms with Gasteiger partial charge >= 0.3 is 0 Å². The number of benzene rings is 1. The maximum Gasteiger partial charge on any atom is 0.175 e. The molecule has 1 fully saturated rings. The summed E-state index contributed by atoms with van der Waals surface area (Å²) < 4.78 is 23.5. The molecule has 0 spiro atoms. The molecule has 0 saturated carbocycles. The molecule has 2 rings (SSSR count). The molecule has 0 unspecified atom stereocenters. The van der Waals surface area contributed by atoms with Gasteiger partial charge in [-0.1, -0.05) is 24.1 Å². The zero-order chi connectivity index (χ0) is 13.9. The van der Waals surface area contributed by atoms with Gasteiger partial charge in [0, 0.05) is 36.5 Å². The molecule has 1 saturated heterocycles. The van der Waals surface area contributed by atoms with E-state index in [-0.39, 0.29) is 0 Å². The van der Waals surface area contributed by atoms with Crippen LogP contribution in [-0.2, 0) is 16.4 Å². The Balaban J connectivity index is 2.15. The van der Waals surface area contributed by atoms with Crippen LogP contribution in [0.4, 0.5) is 0 Å². The van der Waals surface area contributed by atoms with Crippen LogP contribution in [0.3, 0.4) is 0 Å². The zero-order valence-corrected chi connectivity index (χ0v) is 12.6. The van der Waals surface area contributed by atoms with E-state index in [1.165, 1.54) is 25.5 Å². The summed E-state index contributed by atoms with van der Waals surface area (Å²) in [5, 5.41) is 2.63. The second-order valence-corrected chi connectivity index (χ2v) is 7.26. The fourth-order valence-corrected chi connectivity index (χ4v) is 3.55. The molecule has 0 radical (unpaired) electrons. The molecule has 0 aromatic heterocycles. The predicted octanol–water partition coefficient (Wildman–Crippen LogP) is 2.23. The summed E-state index contributed by atoms with van der Waals surface area (Å²) >= 11 is 6.13. The Morgan fingerprint density at radius 1 is 1.26 bits per heavy atom. The predicted molar refractivity (Wildman–Crippen MR) is 76.8 cm³/mol. The van der Waals surface area contributed by atoms with E-state index in [9.17, 15) is 8.42 Å². The van der Waals surface area contributed by atoms with E-state index in [0.717, 1.165) is 13.1 Å². The van der Waals surface area contributed by atoms with Crippen LogP contribution in [-0.4, -0.2) is 32.8 Å². The summed E-state index contributed by atoms with van der Waals surface area (Å²) in [6.07, 6.45) is 4.82. The van der Waals surface area contributed by atoms with Crippen molar-refractivity contribution >= 4 is 21.4 Å². The van der Waals surface area contributed by atoms with Gasteiger partial charge in [0.2, 0.25) is 0 Å². The third kappa shape index (κ3) is 3.92. The Kier molecular flexibility index (Phi) is 4.84. The Morgan fingerprint density at radius 2 is 1.95 bits per heavy atom. The van der Waals surface area contributed by atoms with Crippen LogP contribution in [0.15, 0.2) is 23.1 Å². The summed E-state index contributed by atoms with van der Waals surface area (Å²) in [6.45, 7) is 2.44. The van der Waals surface area contributed by atoms with Crippen LogP contribution >= 0.6 is 11.6 Å². The van der Waals surface area contributed by atoms with Crippen molar-refractivity contribution < 1.29 is 8.42 Å². The van der Waals surface area contributed by atoms with Gasteiger partial charge in [-0.2, -0.15) is 0 Å². The highest BCUT2D eigenvalue weighted by Crippen LogP contribution is 2.24. The van der Waals surface area contributed by atoms with Crippen molar-refractivity contribution in [3.63, 3.8) is 0 Å². The maximum atomic E-state index is 11.8. The molecule has 4 nitrogen and oxygen atoms in total. The van der Waals surface area contributed by atoms with Crippen LogP contribution in [0.2, 0.25) is 5.02 Å². The second kappa shape index (κ2) is 6.22. The van der Waals surface area contributed by atoms with Gasteiger partial charge in [0.25, 0.3) is 0 Å². The third-order valence-corrected chi connectivity index (χ3v) is 4.85. The van der Waals surface area contributed by atoms with Gasteiger partial charge < -0.3 is 0 Å². The Bertz CT molecular complexity index is 540. The van der Waals surface area contributed by atoms with Crippen molar-refractivity contribution in [3.05, 3.63) is 28.8 Å². The summed E-state index contributed by atoms with van der Waals surface area (Å²) in [5.74, 6) is 0. The molecule has 0 bridgehead atoms. The first-order valence-corrected chi connectivity index (χ1v) is 8.71. The first kappa shape index (κ1) is 14.8. The molecule has 0 aliphatic carbocycles. The third-order valence-electron chi connectivity index (χ3n) is 3.31. The lowest BCUT2D eigenvalue weighted by Crippen LogP contribution is -2.41. The number of rotatable bonds is 4. The Morgan fingerprint density at radius 3 is 2.58 bits per heavy atom. The lowest BCUT2D eigenvalue weighted by molar-refractivity contribution is 0.150. The lowest BCUT2D eigenvalue weighted by atomic mass is 10.2. The summed E-state index contributed by atoms with van der Waals surface area (Å²) in [6, 6.07) is 5.00. The van der Waals surface area contributed by atoms with Crippen LogP contribution in [0.5, 0.6) is 0 Å².